The average molecular weight is 327 g/mol. The van der Waals surface area contributed by atoms with Gasteiger partial charge >= 0.3 is 0 Å². The van der Waals surface area contributed by atoms with Crippen molar-refractivity contribution in [3.63, 3.8) is 0 Å². The molecule has 4 N–H and O–H groups in total. The van der Waals surface area contributed by atoms with Gasteiger partial charge in [0.25, 0.3) is 0 Å². The van der Waals surface area contributed by atoms with Crippen molar-refractivity contribution in [3.8, 4) is 0 Å². The minimum atomic E-state index is -3.35. The predicted molar refractivity (Wildman–Crippen MR) is 90.3 cm³/mol. The summed E-state index contributed by atoms with van der Waals surface area (Å²) in [6.07, 6.45) is 1.91. The summed E-state index contributed by atoms with van der Waals surface area (Å²) in [6, 6.07) is 6.58. The summed E-state index contributed by atoms with van der Waals surface area (Å²) in [6.45, 7) is 5.44. The molecule has 0 aliphatic heterocycles. The zero-order valence-electron chi connectivity index (χ0n) is 13.3. The molecule has 0 bridgehead atoms. The molecule has 6 nitrogen and oxygen atoms in total. The van der Waals surface area contributed by atoms with Gasteiger partial charge in [-0.3, -0.25) is 9.52 Å². The SMILES string of the molecule is CCCC(C)(N)C(=O)Nc1cccc(NS(=O)(=O)CCC)c1. The van der Waals surface area contributed by atoms with Crippen LogP contribution in [0.1, 0.15) is 40.0 Å². The molecule has 1 amide bonds. The lowest BCUT2D eigenvalue weighted by atomic mass is 9.96. The average Bonchev–Trinajstić information content (AvgIpc) is 2.38. The lowest BCUT2D eigenvalue weighted by Crippen LogP contribution is -2.48. The van der Waals surface area contributed by atoms with Gasteiger partial charge in [0.2, 0.25) is 15.9 Å². The van der Waals surface area contributed by atoms with E-state index in [0.717, 1.165) is 6.42 Å². The maximum atomic E-state index is 12.1. The summed E-state index contributed by atoms with van der Waals surface area (Å²) in [5, 5.41) is 2.73. The van der Waals surface area contributed by atoms with Gasteiger partial charge in [0.1, 0.15) is 0 Å². The highest BCUT2D eigenvalue weighted by molar-refractivity contribution is 7.92. The smallest absolute Gasteiger partial charge is 0.244 e. The number of carbonyl (C=O) groups excluding carboxylic acids is 1. The largest absolute Gasteiger partial charge is 0.324 e. The lowest BCUT2D eigenvalue weighted by molar-refractivity contribution is -0.120. The Bertz CT molecular complexity index is 612. The second-order valence-electron chi connectivity index (χ2n) is 5.62. The van der Waals surface area contributed by atoms with Gasteiger partial charge in [0.15, 0.2) is 0 Å². The second kappa shape index (κ2) is 7.60. The Hall–Kier alpha value is -1.60. The maximum Gasteiger partial charge on any atom is 0.244 e. The summed E-state index contributed by atoms with van der Waals surface area (Å²) in [5.41, 5.74) is 5.95. The predicted octanol–water partition coefficient (Wildman–Crippen LogP) is 2.29. The van der Waals surface area contributed by atoms with Crippen molar-refractivity contribution < 1.29 is 13.2 Å². The number of hydrogen-bond acceptors (Lipinski definition) is 4. The number of rotatable bonds is 8. The molecule has 0 aliphatic carbocycles. The first kappa shape index (κ1) is 18.4. The maximum absolute atomic E-state index is 12.1. The van der Waals surface area contributed by atoms with Crippen LogP contribution >= 0.6 is 0 Å². The molecule has 0 aromatic heterocycles. The van der Waals surface area contributed by atoms with Crippen molar-refractivity contribution >= 4 is 27.3 Å². The number of nitrogens with two attached hydrogens (primary N) is 1. The van der Waals surface area contributed by atoms with Crippen molar-refractivity contribution in [2.75, 3.05) is 15.8 Å². The van der Waals surface area contributed by atoms with Gasteiger partial charge in [-0.15, -0.1) is 0 Å². The summed E-state index contributed by atoms with van der Waals surface area (Å²) in [7, 11) is -3.35. The third-order valence-electron chi connectivity index (χ3n) is 3.15. The van der Waals surface area contributed by atoms with Gasteiger partial charge < -0.3 is 11.1 Å². The zero-order chi connectivity index (χ0) is 16.8. The molecule has 0 saturated heterocycles. The van der Waals surface area contributed by atoms with Gasteiger partial charge in [-0.1, -0.05) is 26.3 Å². The molecule has 22 heavy (non-hydrogen) atoms. The van der Waals surface area contributed by atoms with E-state index in [4.69, 9.17) is 5.73 Å². The van der Waals surface area contributed by atoms with E-state index in [2.05, 4.69) is 10.0 Å². The Balaban J connectivity index is 2.83. The van der Waals surface area contributed by atoms with Gasteiger partial charge in [-0.2, -0.15) is 0 Å². The molecule has 0 aliphatic rings. The van der Waals surface area contributed by atoms with E-state index in [1.807, 2.05) is 6.92 Å². The van der Waals surface area contributed by atoms with Gasteiger partial charge in [-0.05, 0) is 38.0 Å². The van der Waals surface area contributed by atoms with Crippen LogP contribution in [0.5, 0.6) is 0 Å². The van der Waals surface area contributed by atoms with E-state index >= 15 is 0 Å². The van der Waals surface area contributed by atoms with Crippen LogP contribution in [0.2, 0.25) is 0 Å². The van der Waals surface area contributed by atoms with E-state index in [1.165, 1.54) is 0 Å². The Morgan fingerprint density at radius 1 is 1.23 bits per heavy atom. The number of carbonyl (C=O) groups is 1. The number of hydrogen-bond donors (Lipinski definition) is 3. The number of nitrogens with one attached hydrogen (secondary N) is 2. The standard InChI is InChI=1S/C15H25N3O3S/c1-4-9-15(3,16)14(19)17-12-7-6-8-13(11-12)18-22(20,21)10-5-2/h6-8,11,18H,4-5,9-10,16H2,1-3H3,(H,17,19). The molecule has 0 spiro atoms. The fourth-order valence-corrected chi connectivity index (χ4v) is 3.19. The third-order valence-corrected chi connectivity index (χ3v) is 4.65. The highest BCUT2D eigenvalue weighted by Gasteiger charge is 2.27. The normalized spacial score (nSPS) is 14.2. The minimum Gasteiger partial charge on any atom is -0.324 e. The monoisotopic (exact) mass is 327 g/mol. The number of benzene rings is 1. The Morgan fingerprint density at radius 2 is 1.86 bits per heavy atom. The molecule has 0 saturated carbocycles. The molecule has 1 atom stereocenters. The molecule has 0 fully saturated rings. The second-order valence-corrected chi connectivity index (χ2v) is 7.47. The van der Waals surface area contributed by atoms with Gasteiger partial charge in [0, 0.05) is 5.69 Å². The molecular weight excluding hydrogens is 302 g/mol. The number of amides is 1. The molecule has 1 rings (SSSR count). The van der Waals surface area contributed by atoms with Crippen molar-refractivity contribution in [1.29, 1.82) is 0 Å². The first-order valence-electron chi connectivity index (χ1n) is 7.41. The van der Waals surface area contributed by atoms with Gasteiger partial charge in [0.05, 0.1) is 17.0 Å². The fourth-order valence-electron chi connectivity index (χ4n) is 2.07. The summed E-state index contributed by atoms with van der Waals surface area (Å²) in [5.74, 6) is -0.232. The highest BCUT2D eigenvalue weighted by Crippen LogP contribution is 2.19. The third kappa shape index (κ3) is 5.65. The minimum absolute atomic E-state index is 0.0565. The Morgan fingerprint density at radius 3 is 2.45 bits per heavy atom. The number of sulfonamides is 1. The summed E-state index contributed by atoms with van der Waals surface area (Å²) < 4.78 is 26.0. The molecule has 1 unspecified atom stereocenters. The molecule has 7 heteroatoms. The topological polar surface area (TPSA) is 101 Å². The highest BCUT2D eigenvalue weighted by atomic mass is 32.2. The van der Waals surface area contributed by atoms with Crippen molar-refractivity contribution in [3.05, 3.63) is 24.3 Å². The van der Waals surface area contributed by atoms with Crippen molar-refractivity contribution in [1.82, 2.24) is 0 Å². The van der Waals surface area contributed by atoms with Gasteiger partial charge in [-0.25, -0.2) is 8.42 Å². The van der Waals surface area contributed by atoms with E-state index in [0.29, 0.717) is 24.2 Å². The first-order valence-corrected chi connectivity index (χ1v) is 9.06. The van der Waals surface area contributed by atoms with Crippen LogP contribution in [-0.2, 0) is 14.8 Å². The van der Waals surface area contributed by atoms with Crippen LogP contribution in [0.15, 0.2) is 24.3 Å². The molecule has 1 aromatic carbocycles. The van der Waals surface area contributed by atoms with Crippen LogP contribution in [0.25, 0.3) is 0 Å². The van der Waals surface area contributed by atoms with Crippen LogP contribution in [0.3, 0.4) is 0 Å². The van der Waals surface area contributed by atoms with Crippen LogP contribution in [0, 0.1) is 0 Å². The zero-order valence-corrected chi connectivity index (χ0v) is 14.2. The Kier molecular flexibility index (Phi) is 6.37. The van der Waals surface area contributed by atoms with Crippen molar-refractivity contribution in [2.24, 2.45) is 5.73 Å². The Labute approximate surface area is 132 Å². The van der Waals surface area contributed by atoms with E-state index in [1.54, 1.807) is 38.1 Å². The lowest BCUT2D eigenvalue weighted by Gasteiger charge is -2.23. The van der Waals surface area contributed by atoms with E-state index in [-0.39, 0.29) is 11.7 Å². The number of anilines is 2. The molecule has 124 valence electrons. The molecule has 0 heterocycles. The van der Waals surface area contributed by atoms with Crippen molar-refractivity contribution in [2.45, 2.75) is 45.6 Å². The van der Waals surface area contributed by atoms with Crippen LogP contribution in [-0.4, -0.2) is 25.6 Å². The quantitative estimate of drug-likeness (QED) is 0.682. The fraction of sp³-hybridized carbons (Fsp3) is 0.533. The summed E-state index contributed by atoms with van der Waals surface area (Å²) >= 11 is 0. The van der Waals surface area contributed by atoms with Crippen LogP contribution in [0.4, 0.5) is 11.4 Å². The van der Waals surface area contributed by atoms with Crippen LogP contribution < -0.4 is 15.8 Å². The summed E-state index contributed by atoms with van der Waals surface area (Å²) in [4.78, 5) is 12.1. The molecular formula is C15H25N3O3S. The molecule has 0 radical (unpaired) electrons. The van der Waals surface area contributed by atoms with E-state index in [9.17, 15) is 13.2 Å². The molecule has 1 aromatic rings. The first-order chi connectivity index (χ1) is 10.2. The van der Waals surface area contributed by atoms with E-state index < -0.39 is 15.6 Å².